The van der Waals surface area contributed by atoms with Crippen LogP contribution in [0.1, 0.15) is 48.8 Å². The lowest BCUT2D eigenvalue weighted by Gasteiger charge is -2.35. The minimum absolute atomic E-state index is 0.0242. The van der Waals surface area contributed by atoms with Crippen LogP contribution in [0.4, 0.5) is 26.3 Å². The predicted octanol–water partition coefficient (Wildman–Crippen LogP) is 4.51. The molecule has 0 radical (unpaired) electrons. The van der Waals surface area contributed by atoms with Crippen LogP contribution < -0.4 is 5.32 Å². The molecular formula is C22H25F6N3O2. The standard InChI is InChI=1S/C22H25F6N3O2/c1-31(17-3-6-33-7-4-17)18-2-5-20(11-18,13-29)19(32)30-12-14-8-15(21(23,24)25)10-16(9-14)22(26,27)28/h8-10,17-18H,2-7,11-12H2,1H3,(H,30,32)/t18?,20-/m0/s1. The first kappa shape index (κ1) is 25.3. The summed E-state index contributed by atoms with van der Waals surface area (Å²) in [6, 6.07) is 3.48. The largest absolute Gasteiger partial charge is 0.416 e. The van der Waals surface area contributed by atoms with Crippen molar-refractivity contribution in [2.75, 3.05) is 20.3 Å². The fourth-order valence-electron chi connectivity index (χ4n) is 4.59. The van der Waals surface area contributed by atoms with Gasteiger partial charge in [0.25, 0.3) is 0 Å². The highest BCUT2D eigenvalue weighted by atomic mass is 19.4. The van der Waals surface area contributed by atoms with Crippen molar-refractivity contribution >= 4 is 5.91 Å². The lowest BCUT2D eigenvalue weighted by Crippen LogP contribution is -2.44. The Labute approximate surface area is 187 Å². The molecule has 1 saturated carbocycles. The van der Waals surface area contributed by atoms with Gasteiger partial charge in [0, 0.05) is 31.8 Å². The van der Waals surface area contributed by atoms with Gasteiger partial charge in [-0.3, -0.25) is 4.79 Å². The van der Waals surface area contributed by atoms with Gasteiger partial charge in [-0.1, -0.05) is 0 Å². The average molecular weight is 477 g/mol. The fourth-order valence-corrected chi connectivity index (χ4v) is 4.59. The average Bonchev–Trinajstić information content (AvgIpc) is 3.22. The second-order valence-electron chi connectivity index (χ2n) is 8.70. The van der Waals surface area contributed by atoms with E-state index in [9.17, 15) is 36.4 Å². The predicted molar refractivity (Wildman–Crippen MR) is 106 cm³/mol. The van der Waals surface area contributed by atoms with E-state index in [1.165, 1.54) is 0 Å². The number of amides is 1. The Morgan fingerprint density at radius 3 is 2.18 bits per heavy atom. The van der Waals surface area contributed by atoms with Gasteiger partial charge in [0.05, 0.1) is 17.2 Å². The summed E-state index contributed by atoms with van der Waals surface area (Å²) < 4.78 is 83.7. The number of nitrogens with one attached hydrogen (secondary N) is 1. The van der Waals surface area contributed by atoms with Crippen LogP contribution in [-0.2, 0) is 28.4 Å². The van der Waals surface area contributed by atoms with E-state index in [-0.39, 0.29) is 36.6 Å². The van der Waals surface area contributed by atoms with Crippen molar-refractivity contribution in [3.63, 3.8) is 0 Å². The quantitative estimate of drug-likeness (QED) is 0.634. The van der Waals surface area contributed by atoms with Crippen LogP contribution in [-0.4, -0.2) is 43.2 Å². The van der Waals surface area contributed by atoms with Gasteiger partial charge in [0.15, 0.2) is 0 Å². The van der Waals surface area contributed by atoms with Crippen molar-refractivity contribution in [3.8, 4) is 6.07 Å². The highest BCUT2D eigenvalue weighted by molar-refractivity contribution is 5.85. The van der Waals surface area contributed by atoms with Crippen molar-refractivity contribution < 1.29 is 35.9 Å². The molecule has 11 heteroatoms. The SMILES string of the molecule is CN(C1CCOCC1)C1CC[C@](C#N)(C(=O)NCc2cc(C(F)(F)F)cc(C(F)(F)F)c2)C1. The van der Waals surface area contributed by atoms with Crippen molar-refractivity contribution in [1.82, 2.24) is 10.2 Å². The molecule has 182 valence electrons. The Kier molecular flexibility index (Phi) is 7.29. The van der Waals surface area contributed by atoms with Crippen LogP contribution in [0.2, 0.25) is 0 Å². The monoisotopic (exact) mass is 477 g/mol. The van der Waals surface area contributed by atoms with Gasteiger partial charge < -0.3 is 15.0 Å². The van der Waals surface area contributed by atoms with Gasteiger partial charge in [0.2, 0.25) is 5.91 Å². The minimum atomic E-state index is -4.97. The molecule has 33 heavy (non-hydrogen) atoms. The van der Waals surface area contributed by atoms with Gasteiger partial charge in [0.1, 0.15) is 5.41 Å². The van der Waals surface area contributed by atoms with E-state index in [0.29, 0.717) is 31.8 Å². The maximum atomic E-state index is 13.1. The number of benzene rings is 1. The summed E-state index contributed by atoms with van der Waals surface area (Å²) in [5, 5.41) is 12.1. The van der Waals surface area contributed by atoms with Crippen LogP contribution in [0.3, 0.4) is 0 Å². The zero-order valence-corrected chi connectivity index (χ0v) is 18.0. The van der Waals surface area contributed by atoms with Crippen molar-refractivity contribution in [1.29, 1.82) is 5.26 Å². The Bertz CT molecular complexity index is 873. The molecule has 2 aliphatic rings. The molecule has 1 aliphatic heterocycles. The summed E-state index contributed by atoms with van der Waals surface area (Å²) in [7, 11) is 1.94. The number of halogens is 6. The van der Waals surface area contributed by atoms with Crippen LogP contribution >= 0.6 is 0 Å². The summed E-state index contributed by atoms with van der Waals surface area (Å²) in [6.07, 6.45) is -7.14. The van der Waals surface area contributed by atoms with Crippen LogP contribution in [0.15, 0.2) is 18.2 Å². The van der Waals surface area contributed by atoms with Gasteiger partial charge in [-0.25, -0.2) is 0 Å². The zero-order chi connectivity index (χ0) is 24.4. The van der Waals surface area contributed by atoms with Crippen LogP contribution in [0.25, 0.3) is 0 Å². The molecule has 1 aromatic rings. The number of carbonyl (C=O) groups is 1. The summed E-state index contributed by atoms with van der Waals surface area (Å²) >= 11 is 0. The number of hydrogen-bond donors (Lipinski definition) is 1. The second kappa shape index (κ2) is 9.50. The Balaban J connectivity index is 1.71. The topological polar surface area (TPSA) is 65.4 Å². The number of alkyl halides is 6. The molecule has 5 nitrogen and oxygen atoms in total. The molecule has 1 N–H and O–H groups in total. The number of ether oxygens (including phenoxy) is 1. The third kappa shape index (κ3) is 5.79. The highest BCUT2D eigenvalue weighted by Gasteiger charge is 2.47. The lowest BCUT2D eigenvalue weighted by atomic mass is 9.86. The first-order chi connectivity index (χ1) is 15.4. The molecular weight excluding hydrogens is 452 g/mol. The molecule has 1 amide bonds. The lowest BCUT2D eigenvalue weighted by molar-refractivity contribution is -0.143. The molecule has 1 aliphatic carbocycles. The molecule has 0 aromatic heterocycles. The molecule has 1 heterocycles. The number of nitriles is 1. The summed E-state index contributed by atoms with van der Waals surface area (Å²) in [5.41, 5.74) is -4.61. The van der Waals surface area contributed by atoms with E-state index in [0.717, 1.165) is 12.8 Å². The first-order valence-electron chi connectivity index (χ1n) is 10.6. The van der Waals surface area contributed by atoms with E-state index in [4.69, 9.17) is 4.74 Å². The number of rotatable bonds is 5. The molecule has 1 saturated heterocycles. The molecule has 0 bridgehead atoms. The zero-order valence-electron chi connectivity index (χ0n) is 18.0. The number of hydrogen-bond acceptors (Lipinski definition) is 4. The number of carbonyl (C=O) groups excluding carboxylic acids is 1. The molecule has 1 unspecified atom stereocenters. The summed E-state index contributed by atoms with van der Waals surface area (Å²) in [6.45, 7) is 0.737. The maximum absolute atomic E-state index is 13.1. The van der Waals surface area contributed by atoms with Crippen LogP contribution in [0, 0.1) is 16.7 Å². The smallest absolute Gasteiger partial charge is 0.381 e. The van der Waals surface area contributed by atoms with Gasteiger partial charge in [-0.15, -0.1) is 0 Å². The minimum Gasteiger partial charge on any atom is -0.381 e. The maximum Gasteiger partial charge on any atom is 0.416 e. The third-order valence-electron chi connectivity index (χ3n) is 6.58. The number of nitrogens with zero attached hydrogens (tertiary/aromatic N) is 2. The van der Waals surface area contributed by atoms with E-state index in [1.54, 1.807) is 0 Å². The fraction of sp³-hybridized carbons (Fsp3) is 0.636. The van der Waals surface area contributed by atoms with E-state index in [1.807, 2.05) is 13.1 Å². The van der Waals surface area contributed by atoms with Gasteiger partial charge in [-0.05, 0) is 62.9 Å². The molecule has 0 spiro atoms. The molecule has 1 aromatic carbocycles. The summed E-state index contributed by atoms with van der Waals surface area (Å²) in [4.78, 5) is 15.0. The second-order valence-corrected chi connectivity index (χ2v) is 8.70. The third-order valence-corrected chi connectivity index (χ3v) is 6.58. The van der Waals surface area contributed by atoms with Gasteiger partial charge in [-0.2, -0.15) is 31.6 Å². The Morgan fingerprint density at radius 1 is 1.09 bits per heavy atom. The Morgan fingerprint density at radius 2 is 1.67 bits per heavy atom. The van der Waals surface area contributed by atoms with Crippen LogP contribution in [0.5, 0.6) is 0 Å². The van der Waals surface area contributed by atoms with E-state index in [2.05, 4.69) is 10.2 Å². The highest BCUT2D eigenvalue weighted by Crippen LogP contribution is 2.41. The van der Waals surface area contributed by atoms with Gasteiger partial charge >= 0.3 is 12.4 Å². The van der Waals surface area contributed by atoms with Crippen molar-refractivity contribution in [3.05, 3.63) is 34.9 Å². The molecule has 2 fully saturated rings. The van der Waals surface area contributed by atoms with E-state index >= 15 is 0 Å². The first-order valence-corrected chi connectivity index (χ1v) is 10.6. The van der Waals surface area contributed by atoms with Crippen molar-refractivity contribution in [2.45, 2.75) is 63.1 Å². The normalized spacial score (nSPS) is 24.6. The Hall–Kier alpha value is -2.32. The molecule has 3 rings (SSSR count). The van der Waals surface area contributed by atoms with Crippen molar-refractivity contribution in [2.24, 2.45) is 5.41 Å². The molecule has 2 atom stereocenters. The summed E-state index contributed by atoms with van der Waals surface area (Å²) in [5.74, 6) is -0.682. The van der Waals surface area contributed by atoms with E-state index < -0.39 is 41.3 Å².